The highest BCUT2D eigenvalue weighted by atomic mass is 79.9. The number of nitrogens with zero attached hydrogens (tertiary/aromatic N) is 1. The number of halogens is 2. The first-order valence-electron chi connectivity index (χ1n) is 3.48. The van der Waals surface area contributed by atoms with Crippen LogP contribution in [0.1, 0.15) is 5.56 Å². The number of fused-ring (bicyclic) bond motifs is 1. The normalized spacial score (nSPS) is 10.9. The van der Waals surface area contributed by atoms with E-state index >= 15 is 0 Å². The largest absolute Gasteiger partial charge is 0.266 e. The van der Waals surface area contributed by atoms with Crippen LogP contribution in [0.2, 0.25) is 5.15 Å². The molecule has 0 saturated carbocycles. The van der Waals surface area contributed by atoms with Crippen molar-refractivity contribution in [1.82, 2.24) is 10.2 Å². The Morgan fingerprint density at radius 3 is 3.00 bits per heavy atom. The van der Waals surface area contributed by atoms with Crippen LogP contribution in [0, 0.1) is 6.92 Å². The van der Waals surface area contributed by atoms with E-state index < -0.39 is 0 Å². The van der Waals surface area contributed by atoms with E-state index in [0.717, 1.165) is 20.9 Å². The molecule has 62 valence electrons. The Kier molecular flexibility index (Phi) is 1.85. The molecule has 2 aromatic rings. The summed E-state index contributed by atoms with van der Waals surface area (Å²) in [7, 11) is 0. The molecule has 2 rings (SSSR count). The summed E-state index contributed by atoms with van der Waals surface area (Å²) in [6.45, 7) is 2.00. The van der Waals surface area contributed by atoms with Crippen LogP contribution in [-0.4, -0.2) is 10.2 Å². The number of aromatic amines is 1. The number of H-pyrrole nitrogens is 1. The predicted octanol–water partition coefficient (Wildman–Crippen LogP) is 3.29. The average molecular weight is 246 g/mol. The molecule has 2 nitrogen and oxygen atoms in total. The number of aromatic nitrogens is 2. The van der Waals surface area contributed by atoms with E-state index in [1.165, 1.54) is 0 Å². The van der Waals surface area contributed by atoms with Gasteiger partial charge in [0.15, 0.2) is 0 Å². The van der Waals surface area contributed by atoms with Crippen molar-refractivity contribution in [3.63, 3.8) is 0 Å². The zero-order valence-electron chi connectivity index (χ0n) is 6.36. The fourth-order valence-electron chi connectivity index (χ4n) is 1.22. The quantitative estimate of drug-likeness (QED) is 0.758. The minimum atomic E-state index is 0.592. The third kappa shape index (κ3) is 1.13. The zero-order chi connectivity index (χ0) is 8.72. The first-order valence-corrected chi connectivity index (χ1v) is 4.65. The van der Waals surface area contributed by atoms with Gasteiger partial charge >= 0.3 is 0 Å². The van der Waals surface area contributed by atoms with Crippen molar-refractivity contribution in [2.24, 2.45) is 0 Å². The van der Waals surface area contributed by atoms with Crippen molar-refractivity contribution in [2.75, 3.05) is 0 Å². The van der Waals surface area contributed by atoms with Crippen LogP contribution in [0.25, 0.3) is 10.9 Å². The van der Waals surface area contributed by atoms with Crippen molar-refractivity contribution >= 4 is 38.4 Å². The summed E-state index contributed by atoms with van der Waals surface area (Å²) < 4.78 is 1.02. The summed E-state index contributed by atoms with van der Waals surface area (Å²) in [5.74, 6) is 0. The molecule has 0 amide bonds. The summed E-state index contributed by atoms with van der Waals surface area (Å²) in [4.78, 5) is 0. The highest BCUT2D eigenvalue weighted by Crippen LogP contribution is 2.26. The summed E-state index contributed by atoms with van der Waals surface area (Å²) >= 11 is 9.28. The van der Waals surface area contributed by atoms with Crippen LogP contribution >= 0.6 is 27.5 Å². The fourth-order valence-corrected chi connectivity index (χ4v) is 1.98. The van der Waals surface area contributed by atoms with Gasteiger partial charge in [0.05, 0.1) is 5.52 Å². The Hall–Kier alpha value is -0.540. The molecule has 1 heterocycles. The molecule has 0 bridgehead atoms. The number of nitrogens with one attached hydrogen (secondary N) is 1. The summed E-state index contributed by atoms with van der Waals surface area (Å²) in [6, 6.07) is 3.97. The van der Waals surface area contributed by atoms with Gasteiger partial charge in [-0.05, 0) is 24.6 Å². The number of benzene rings is 1. The van der Waals surface area contributed by atoms with Gasteiger partial charge in [0, 0.05) is 9.86 Å². The lowest BCUT2D eigenvalue weighted by molar-refractivity contribution is 1.11. The van der Waals surface area contributed by atoms with Crippen molar-refractivity contribution < 1.29 is 0 Å². The molecule has 0 spiro atoms. The van der Waals surface area contributed by atoms with Crippen LogP contribution in [0.4, 0.5) is 0 Å². The smallest absolute Gasteiger partial charge is 0.132 e. The molecule has 0 fully saturated rings. The molecule has 0 unspecified atom stereocenters. The number of hydrogen-bond acceptors (Lipinski definition) is 1. The van der Waals surface area contributed by atoms with Gasteiger partial charge < -0.3 is 0 Å². The van der Waals surface area contributed by atoms with Crippen molar-refractivity contribution in [3.8, 4) is 0 Å². The molecule has 1 N–H and O–H groups in total. The van der Waals surface area contributed by atoms with Crippen molar-refractivity contribution in [2.45, 2.75) is 6.92 Å². The molecule has 1 aromatic heterocycles. The Labute approximate surface area is 83.0 Å². The molecule has 12 heavy (non-hydrogen) atoms. The van der Waals surface area contributed by atoms with E-state index in [4.69, 9.17) is 11.6 Å². The molecule has 0 aliphatic rings. The van der Waals surface area contributed by atoms with Gasteiger partial charge in [-0.15, -0.1) is 0 Å². The number of aryl methyl sites for hydroxylation is 1. The van der Waals surface area contributed by atoms with Gasteiger partial charge in [0.1, 0.15) is 5.15 Å². The van der Waals surface area contributed by atoms with Gasteiger partial charge in [-0.1, -0.05) is 27.5 Å². The van der Waals surface area contributed by atoms with E-state index in [-0.39, 0.29) is 0 Å². The molecular formula is C8H6BrClN2. The maximum Gasteiger partial charge on any atom is 0.132 e. The van der Waals surface area contributed by atoms with E-state index in [0.29, 0.717) is 5.15 Å². The summed E-state index contributed by atoms with van der Waals surface area (Å²) in [6.07, 6.45) is 0. The monoisotopic (exact) mass is 244 g/mol. The van der Waals surface area contributed by atoms with Crippen molar-refractivity contribution in [1.29, 1.82) is 0 Å². The van der Waals surface area contributed by atoms with Crippen molar-refractivity contribution in [3.05, 3.63) is 27.3 Å². The zero-order valence-corrected chi connectivity index (χ0v) is 8.70. The van der Waals surface area contributed by atoms with Crippen LogP contribution < -0.4 is 0 Å². The first-order chi connectivity index (χ1) is 5.68. The van der Waals surface area contributed by atoms with Crippen LogP contribution in [0.15, 0.2) is 16.6 Å². The van der Waals surface area contributed by atoms with E-state index in [1.807, 2.05) is 19.1 Å². The van der Waals surface area contributed by atoms with E-state index in [2.05, 4.69) is 26.1 Å². The topological polar surface area (TPSA) is 28.7 Å². The minimum Gasteiger partial charge on any atom is -0.266 e. The lowest BCUT2D eigenvalue weighted by Crippen LogP contribution is -1.76. The van der Waals surface area contributed by atoms with Gasteiger partial charge in [0.25, 0.3) is 0 Å². The Bertz CT molecular complexity index is 436. The Morgan fingerprint density at radius 2 is 2.25 bits per heavy atom. The lowest BCUT2D eigenvalue weighted by atomic mass is 10.2. The van der Waals surface area contributed by atoms with Crippen LogP contribution in [0.5, 0.6) is 0 Å². The second-order valence-corrected chi connectivity index (χ2v) is 3.95. The predicted molar refractivity (Wildman–Crippen MR) is 53.5 cm³/mol. The van der Waals surface area contributed by atoms with Gasteiger partial charge in [-0.2, -0.15) is 5.10 Å². The third-order valence-corrected chi connectivity index (χ3v) is 2.51. The SMILES string of the molecule is Cc1cc(Br)cc2c(Cl)[nH]nc12. The van der Waals surface area contributed by atoms with Gasteiger partial charge in [0.2, 0.25) is 0 Å². The van der Waals surface area contributed by atoms with Gasteiger partial charge in [-0.25, -0.2) is 0 Å². The first kappa shape index (κ1) is 8.08. The van der Waals surface area contributed by atoms with E-state index in [9.17, 15) is 0 Å². The molecule has 4 heteroatoms. The maximum absolute atomic E-state index is 5.88. The molecular weight excluding hydrogens is 239 g/mol. The second-order valence-electron chi connectivity index (χ2n) is 2.66. The fraction of sp³-hybridized carbons (Fsp3) is 0.125. The molecule has 0 aliphatic heterocycles. The molecule has 0 aliphatic carbocycles. The molecule has 1 aromatic carbocycles. The standard InChI is InChI=1S/C8H6BrClN2/c1-4-2-5(9)3-6-7(4)11-12-8(6)10/h2-3H,1H3,(H,11,12). The number of hydrogen-bond donors (Lipinski definition) is 1. The second kappa shape index (κ2) is 2.75. The average Bonchev–Trinajstić information content (AvgIpc) is 2.33. The highest BCUT2D eigenvalue weighted by Gasteiger charge is 2.05. The third-order valence-electron chi connectivity index (χ3n) is 1.77. The molecule has 0 saturated heterocycles. The molecule has 0 atom stereocenters. The van der Waals surface area contributed by atoms with Crippen LogP contribution in [-0.2, 0) is 0 Å². The highest BCUT2D eigenvalue weighted by molar-refractivity contribution is 9.10. The Morgan fingerprint density at radius 1 is 1.50 bits per heavy atom. The van der Waals surface area contributed by atoms with E-state index in [1.54, 1.807) is 0 Å². The summed E-state index contributed by atoms with van der Waals surface area (Å²) in [5, 5.41) is 8.37. The molecule has 0 radical (unpaired) electrons. The Balaban J connectivity index is 2.92. The minimum absolute atomic E-state index is 0.592. The van der Waals surface area contributed by atoms with Gasteiger partial charge in [-0.3, -0.25) is 5.10 Å². The summed E-state index contributed by atoms with van der Waals surface area (Å²) in [5.41, 5.74) is 2.05. The lowest BCUT2D eigenvalue weighted by Gasteiger charge is -1.95. The van der Waals surface area contributed by atoms with Crippen LogP contribution in [0.3, 0.4) is 0 Å². The number of rotatable bonds is 0. The maximum atomic E-state index is 5.88.